The van der Waals surface area contributed by atoms with Gasteiger partial charge in [-0.05, 0) is 55.3 Å². The molecule has 0 bridgehead atoms. The van der Waals surface area contributed by atoms with Gasteiger partial charge in [0.2, 0.25) is 0 Å². The SMILES string of the molecule is CC(=O)c1cccc(NC(=O)Nc2ccc(CCc3nc4ccccc4n3C)cc2)c1. The van der Waals surface area contributed by atoms with E-state index in [1.165, 1.54) is 12.5 Å². The summed E-state index contributed by atoms with van der Waals surface area (Å²) in [7, 11) is 2.04. The van der Waals surface area contributed by atoms with Crippen molar-refractivity contribution in [3.63, 3.8) is 0 Å². The molecule has 4 rings (SSSR count). The van der Waals surface area contributed by atoms with Crippen LogP contribution in [-0.2, 0) is 19.9 Å². The molecule has 1 aromatic heterocycles. The molecule has 0 saturated carbocycles. The Morgan fingerprint density at radius 2 is 1.61 bits per heavy atom. The highest BCUT2D eigenvalue weighted by Crippen LogP contribution is 2.17. The zero-order valence-corrected chi connectivity index (χ0v) is 17.6. The normalized spacial score (nSPS) is 10.8. The molecular weight excluding hydrogens is 388 g/mol. The largest absolute Gasteiger partial charge is 0.331 e. The van der Waals surface area contributed by atoms with Gasteiger partial charge in [-0.2, -0.15) is 0 Å². The van der Waals surface area contributed by atoms with E-state index in [1.807, 2.05) is 49.5 Å². The van der Waals surface area contributed by atoms with Gasteiger partial charge in [-0.1, -0.05) is 36.4 Å². The predicted molar refractivity (Wildman–Crippen MR) is 124 cm³/mol. The topological polar surface area (TPSA) is 76.0 Å². The summed E-state index contributed by atoms with van der Waals surface area (Å²) >= 11 is 0. The first-order chi connectivity index (χ1) is 15.0. The fourth-order valence-electron chi connectivity index (χ4n) is 3.54. The molecule has 0 atom stereocenters. The highest BCUT2D eigenvalue weighted by atomic mass is 16.2. The summed E-state index contributed by atoms with van der Waals surface area (Å²) in [5.74, 6) is 1.01. The number of Topliss-reactive ketones (excluding diaryl/α,β-unsaturated/α-hetero) is 1. The van der Waals surface area contributed by atoms with Crippen molar-refractivity contribution < 1.29 is 9.59 Å². The third-order valence-corrected chi connectivity index (χ3v) is 5.26. The van der Waals surface area contributed by atoms with E-state index in [9.17, 15) is 9.59 Å². The standard InChI is InChI=1S/C25H24N4O2/c1-17(30)19-6-5-7-21(16-19)27-25(31)26-20-13-10-18(11-14-20)12-15-24-28-22-8-3-4-9-23(22)29(24)2/h3-11,13-14,16H,12,15H2,1-2H3,(H2,26,27,31). The average Bonchev–Trinajstić information content (AvgIpc) is 3.09. The van der Waals surface area contributed by atoms with Crippen LogP contribution >= 0.6 is 0 Å². The van der Waals surface area contributed by atoms with E-state index in [0.29, 0.717) is 16.9 Å². The Morgan fingerprint density at radius 3 is 2.35 bits per heavy atom. The van der Waals surface area contributed by atoms with Crippen LogP contribution in [0.3, 0.4) is 0 Å². The van der Waals surface area contributed by atoms with Gasteiger partial charge in [-0.25, -0.2) is 9.78 Å². The number of carbonyl (C=O) groups is 2. The number of imidazole rings is 1. The lowest BCUT2D eigenvalue weighted by Gasteiger charge is -2.09. The van der Waals surface area contributed by atoms with Gasteiger partial charge in [0.15, 0.2) is 5.78 Å². The molecule has 0 saturated heterocycles. The fourth-order valence-corrected chi connectivity index (χ4v) is 3.54. The summed E-state index contributed by atoms with van der Waals surface area (Å²) in [6.45, 7) is 1.50. The summed E-state index contributed by atoms with van der Waals surface area (Å²) in [6, 6.07) is 22.4. The molecule has 0 aliphatic heterocycles. The van der Waals surface area contributed by atoms with Gasteiger partial charge in [0.05, 0.1) is 11.0 Å². The minimum absolute atomic E-state index is 0.0433. The molecule has 0 radical (unpaired) electrons. The van der Waals surface area contributed by atoms with Crippen molar-refractivity contribution in [2.24, 2.45) is 7.05 Å². The molecule has 0 spiro atoms. The van der Waals surface area contributed by atoms with Crippen LogP contribution in [0.1, 0.15) is 28.7 Å². The second-order valence-electron chi connectivity index (χ2n) is 7.49. The van der Waals surface area contributed by atoms with Gasteiger partial charge in [0, 0.05) is 30.4 Å². The van der Waals surface area contributed by atoms with Gasteiger partial charge in [-0.3, -0.25) is 4.79 Å². The number of benzene rings is 3. The Bertz CT molecular complexity index is 1240. The minimum atomic E-state index is -0.354. The second-order valence-corrected chi connectivity index (χ2v) is 7.49. The molecule has 0 aliphatic carbocycles. The van der Waals surface area contributed by atoms with Gasteiger partial charge >= 0.3 is 6.03 Å². The number of hydrogen-bond acceptors (Lipinski definition) is 3. The van der Waals surface area contributed by atoms with E-state index >= 15 is 0 Å². The number of ketones is 1. The van der Waals surface area contributed by atoms with Crippen LogP contribution in [0.5, 0.6) is 0 Å². The van der Waals surface area contributed by atoms with Crippen LogP contribution in [-0.4, -0.2) is 21.4 Å². The Morgan fingerprint density at radius 1 is 0.871 bits per heavy atom. The summed E-state index contributed by atoms with van der Waals surface area (Å²) in [6.07, 6.45) is 1.70. The summed E-state index contributed by atoms with van der Waals surface area (Å²) in [5, 5.41) is 5.57. The number of anilines is 2. The maximum absolute atomic E-state index is 12.3. The number of rotatable bonds is 6. The fraction of sp³-hybridized carbons (Fsp3) is 0.160. The Hall–Kier alpha value is -3.93. The van der Waals surface area contributed by atoms with Crippen molar-refractivity contribution in [2.45, 2.75) is 19.8 Å². The molecule has 156 valence electrons. The molecule has 6 heteroatoms. The number of aryl methyl sites for hydroxylation is 3. The lowest BCUT2D eigenvalue weighted by molar-refractivity contribution is 0.101. The van der Waals surface area contributed by atoms with Crippen LogP contribution in [0.15, 0.2) is 72.8 Å². The molecule has 0 unspecified atom stereocenters. The molecule has 3 aromatic carbocycles. The smallest absolute Gasteiger partial charge is 0.323 e. The molecular formula is C25H24N4O2. The molecule has 2 N–H and O–H groups in total. The maximum atomic E-state index is 12.3. The average molecular weight is 412 g/mol. The molecule has 2 amide bonds. The maximum Gasteiger partial charge on any atom is 0.323 e. The third-order valence-electron chi connectivity index (χ3n) is 5.26. The molecule has 31 heavy (non-hydrogen) atoms. The molecule has 0 fully saturated rings. The minimum Gasteiger partial charge on any atom is -0.331 e. The van der Waals surface area contributed by atoms with E-state index in [1.54, 1.807) is 24.3 Å². The first-order valence-corrected chi connectivity index (χ1v) is 10.2. The van der Waals surface area contributed by atoms with Crippen molar-refractivity contribution in [1.29, 1.82) is 0 Å². The van der Waals surface area contributed by atoms with Crippen molar-refractivity contribution in [3.8, 4) is 0 Å². The van der Waals surface area contributed by atoms with Crippen molar-refractivity contribution >= 4 is 34.2 Å². The first kappa shape index (κ1) is 20.3. The number of urea groups is 1. The third kappa shape index (κ3) is 4.80. The monoisotopic (exact) mass is 412 g/mol. The van der Waals surface area contributed by atoms with Gasteiger partial charge in [0.1, 0.15) is 5.82 Å². The summed E-state index contributed by atoms with van der Waals surface area (Å²) in [4.78, 5) is 28.5. The number of amides is 2. The van der Waals surface area contributed by atoms with Crippen LogP contribution in [0.2, 0.25) is 0 Å². The number of carbonyl (C=O) groups excluding carboxylic acids is 2. The lowest BCUT2D eigenvalue weighted by atomic mass is 10.1. The van der Waals surface area contributed by atoms with E-state index in [-0.39, 0.29) is 11.8 Å². The van der Waals surface area contributed by atoms with Crippen molar-refractivity contribution in [1.82, 2.24) is 9.55 Å². The quantitative estimate of drug-likeness (QED) is 0.427. The van der Waals surface area contributed by atoms with E-state index in [4.69, 9.17) is 4.98 Å². The predicted octanol–water partition coefficient (Wildman–Crippen LogP) is 5.21. The first-order valence-electron chi connectivity index (χ1n) is 10.2. The van der Waals surface area contributed by atoms with E-state index in [0.717, 1.165) is 29.7 Å². The molecule has 6 nitrogen and oxygen atoms in total. The lowest BCUT2D eigenvalue weighted by Crippen LogP contribution is -2.19. The van der Waals surface area contributed by atoms with Crippen LogP contribution in [0.25, 0.3) is 11.0 Å². The highest BCUT2D eigenvalue weighted by Gasteiger charge is 2.08. The number of hydrogen-bond donors (Lipinski definition) is 2. The number of aromatic nitrogens is 2. The van der Waals surface area contributed by atoms with Gasteiger partial charge < -0.3 is 15.2 Å². The van der Waals surface area contributed by atoms with Crippen LogP contribution in [0.4, 0.5) is 16.2 Å². The van der Waals surface area contributed by atoms with E-state index < -0.39 is 0 Å². The second kappa shape index (κ2) is 8.83. The number of fused-ring (bicyclic) bond motifs is 1. The van der Waals surface area contributed by atoms with Gasteiger partial charge in [0.25, 0.3) is 0 Å². The Kier molecular flexibility index (Phi) is 5.80. The Labute approximate surface area is 180 Å². The van der Waals surface area contributed by atoms with Crippen LogP contribution in [0, 0.1) is 0 Å². The Balaban J connectivity index is 1.34. The van der Waals surface area contributed by atoms with Crippen LogP contribution < -0.4 is 10.6 Å². The molecule has 0 aliphatic rings. The highest BCUT2D eigenvalue weighted by molar-refractivity contribution is 6.01. The number of nitrogens with one attached hydrogen (secondary N) is 2. The molecule has 1 heterocycles. The zero-order chi connectivity index (χ0) is 21.8. The summed E-state index contributed by atoms with van der Waals surface area (Å²) < 4.78 is 2.14. The number of para-hydroxylation sites is 2. The molecule has 4 aromatic rings. The van der Waals surface area contributed by atoms with Gasteiger partial charge in [-0.15, -0.1) is 0 Å². The van der Waals surface area contributed by atoms with Crippen molar-refractivity contribution in [3.05, 3.63) is 89.7 Å². The zero-order valence-electron chi connectivity index (χ0n) is 17.6. The summed E-state index contributed by atoms with van der Waals surface area (Å²) in [5.41, 5.74) is 5.15. The number of nitrogens with zero attached hydrogens (tertiary/aromatic N) is 2. The van der Waals surface area contributed by atoms with Crippen molar-refractivity contribution in [2.75, 3.05) is 10.6 Å². The van der Waals surface area contributed by atoms with E-state index in [2.05, 4.69) is 21.3 Å².